The van der Waals surface area contributed by atoms with Gasteiger partial charge in [0.2, 0.25) is 0 Å². The third kappa shape index (κ3) is 3.68. The highest BCUT2D eigenvalue weighted by atomic mass is 15.6. The van der Waals surface area contributed by atoms with Gasteiger partial charge in [-0.1, -0.05) is 48.5 Å². The fraction of sp³-hybridized carbons (Fsp3) is 0.0952. The Morgan fingerprint density at radius 1 is 0.931 bits per heavy atom. The van der Waals surface area contributed by atoms with Crippen LogP contribution in [0.25, 0.3) is 16.8 Å². The second-order valence-electron chi connectivity index (χ2n) is 6.69. The molecule has 0 atom stereocenters. The van der Waals surface area contributed by atoms with Crippen LogP contribution in [0.2, 0.25) is 0 Å². The van der Waals surface area contributed by atoms with Gasteiger partial charge >= 0.3 is 0 Å². The van der Waals surface area contributed by atoms with Crippen molar-refractivity contribution in [3.05, 3.63) is 90.5 Å². The Labute approximate surface area is 166 Å². The molecule has 3 aromatic heterocycles. The molecule has 5 aromatic rings. The normalized spacial score (nSPS) is 11.0. The highest BCUT2D eigenvalue weighted by molar-refractivity contribution is 5.68. The van der Waals surface area contributed by atoms with Crippen molar-refractivity contribution >= 4 is 11.5 Å². The summed E-state index contributed by atoms with van der Waals surface area (Å²) in [5.41, 5.74) is 5.42. The molecule has 8 nitrogen and oxygen atoms in total. The average Bonchev–Trinajstić information content (AvgIpc) is 3.44. The molecule has 0 amide bonds. The van der Waals surface area contributed by atoms with Crippen LogP contribution in [0, 0.1) is 0 Å². The third-order valence-corrected chi connectivity index (χ3v) is 4.74. The minimum Gasteiger partial charge on any atom is -0.364 e. The third-order valence-electron chi connectivity index (χ3n) is 4.74. The predicted molar refractivity (Wildman–Crippen MR) is 109 cm³/mol. The van der Waals surface area contributed by atoms with E-state index in [0.717, 1.165) is 12.4 Å². The van der Waals surface area contributed by atoms with E-state index in [-0.39, 0.29) is 0 Å². The van der Waals surface area contributed by atoms with Gasteiger partial charge in [0.25, 0.3) is 0 Å². The van der Waals surface area contributed by atoms with Crippen molar-refractivity contribution in [3.63, 3.8) is 0 Å². The molecular formula is C21H18N8. The number of imidazole rings is 1. The predicted octanol–water partition coefficient (Wildman–Crippen LogP) is 3.04. The molecule has 0 bridgehead atoms. The lowest BCUT2D eigenvalue weighted by Gasteiger charge is -2.12. The summed E-state index contributed by atoms with van der Waals surface area (Å²) in [6.45, 7) is 1.46. The highest BCUT2D eigenvalue weighted by Crippen LogP contribution is 2.25. The molecule has 0 saturated carbocycles. The van der Waals surface area contributed by atoms with Gasteiger partial charge in [-0.25, -0.2) is 4.98 Å². The fourth-order valence-electron chi connectivity index (χ4n) is 3.27. The molecule has 0 aliphatic rings. The lowest BCUT2D eigenvalue weighted by Crippen LogP contribution is -2.05. The van der Waals surface area contributed by atoms with Gasteiger partial charge in [0, 0.05) is 25.5 Å². The molecule has 0 radical (unpaired) electrons. The molecule has 29 heavy (non-hydrogen) atoms. The van der Waals surface area contributed by atoms with Gasteiger partial charge in [0.05, 0.1) is 6.33 Å². The molecule has 142 valence electrons. The van der Waals surface area contributed by atoms with Gasteiger partial charge < -0.3 is 9.88 Å². The van der Waals surface area contributed by atoms with Crippen LogP contribution >= 0.6 is 0 Å². The Hall–Kier alpha value is -4.07. The number of aromatic nitrogens is 7. The van der Waals surface area contributed by atoms with E-state index < -0.39 is 0 Å². The van der Waals surface area contributed by atoms with Crippen LogP contribution in [0.15, 0.2) is 79.4 Å². The van der Waals surface area contributed by atoms with Crippen molar-refractivity contribution in [1.82, 2.24) is 34.8 Å². The first-order chi connectivity index (χ1) is 14.3. The van der Waals surface area contributed by atoms with E-state index >= 15 is 0 Å². The molecule has 0 saturated heterocycles. The average molecular weight is 382 g/mol. The number of fused-ring (bicyclic) bond motifs is 1. The molecule has 0 unspecified atom stereocenters. The molecule has 2 aromatic carbocycles. The number of anilines is 1. The standard InChI is InChI=1S/C21H18N8/c1-2-4-19(17-7-5-16(6-8-17)14-28-12-11-22-15-28)18(3-1)13-23-20-9-10-21-24-26-27-29(21)25-20/h1-12,15H,13-14H2,(H,23,25). The van der Waals surface area contributed by atoms with E-state index in [0.29, 0.717) is 12.2 Å². The summed E-state index contributed by atoms with van der Waals surface area (Å²) in [6, 6.07) is 20.7. The summed E-state index contributed by atoms with van der Waals surface area (Å²) in [5.74, 6) is 0.718. The topological polar surface area (TPSA) is 85.8 Å². The van der Waals surface area contributed by atoms with Crippen LogP contribution in [0.4, 0.5) is 5.82 Å². The van der Waals surface area contributed by atoms with E-state index in [9.17, 15) is 0 Å². The number of rotatable bonds is 6. The number of benzene rings is 2. The maximum absolute atomic E-state index is 4.36. The van der Waals surface area contributed by atoms with Crippen molar-refractivity contribution < 1.29 is 0 Å². The minimum atomic E-state index is 0.617. The van der Waals surface area contributed by atoms with E-state index in [2.05, 4.69) is 78.0 Å². The lowest BCUT2D eigenvalue weighted by atomic mass is 9.98. The number of tetrazole rings is 1. The molecule has 0 aliphatic carbocycles. The van der Waals surface area contributed by atoms with Crippen molar-refractivity contribution in [2.24, 2.45) is 0 Å². The zero-order chi connectivity index (χ0) is 19.5. The van der Waals surface area contributed by atoms with Crippen LogP contribution < -0.4 is 5.32 Å². The second kappa shape index (κ2) is 7.51. The molecule has 1 N–H and O–H groups in total. The van der Waals surface area contributed by atoms with Crippen molar-refractivity contribution in [1.29, 1.82) is 0 Å². The Kier molecular flexibility index (Phi) is 4.42. The molecule has 0 fully saturated rings. The number of nitrogens with one attached hydrogen (secondary N) is 1. The molecular weight excluding hydrogens is 364 g/mol. The number of hydrogen-bond acceptors (Lipinski definition) is 6. The maximum Gasteiger partial charge on any atom is 0.200 e. The summed E-state index contributed by atoms with van der Waals surface area (Å²) in [6.07, 6.45) is 5.59. The van der Waals surface area contributed by atoms with Crippen molar-refractivity contribution in [2.75, 3.05) is 5.32 Å². The van der Waals surface area contributed by atoms with Crippen LogP contribution in [0.3, 0.4) is 0 Å². The first-order valence-corrected chi connectivity index (χ1v) is 9.27. The molecule has 0 spiro atoms. The molecule has 3 heterocycles. The zero-order valence-electron chi connectivity index (χ0n) is 15.6. The highest BCUT2D eigenvalue weighted by Gasteiger charge is 2.06. The van der Waals surface area contributed by atoms with Gasteiger partial charge in [0.15, 0.2) is 5.65 Å². The van der Waals surface area contributed by atoms with Crippen LogP contribution in [-0.4, -0.2) is 34.8 Å². The van der Waals surface area contributed by atoms with Gasteiger partial charge in [0.1, 0.15) is 5.82 Å². The lowest BCUT2D eigenvalue weighted by molar-refractivity contribution is 0.734. The van der Waals surface area contributed by atoms with Crippen LogP contribution in [-0.2, 0) is 13.1 Å². The van der Waals surface area contributed by atoms with Gasteiger partial charge in [-0.3, -0.25) is 0 Å². The van der Waals surface area contributed by atoms with E-state index in [1.165, 1.54) is 26.9 Å². The fourth-order valence-corrected chi connectivity index (χ4v) is 3.27. The number of nitrogens with zero attached hydrogens (tertiary/aromatic N) is 7. The van der Waals surface area contributed by atoms with E-state index in [1.54, 1.807) is 6.20 Å². The Morgan fingerprint density at radius 2 is 1.83 bits per heavy atom. The quantitative estimate of drug-likeness (QED) is 0.486. The van der Waals surface area contributed by atoms with Gasteiger partial charge in [-0.15, -0.1) is 14.8 Å². The van der Waals surface area contributed by atoms with Gasteiger partial charge in [-0.05, 0) is 44.8 Å². The summed E-state index contributed by atoms with van der Waals surface area (Å²) in [4.78, 5) is 4.09. The molecule has 0 aliphatic heterocycles. The first kappa shape index (κ1) is 17.1. The second-order valence-corrected chi connectivity index (χ2v) is 6.69. The summed E-state index contributed by atoms with van der Waals surface area (Å²) in [7, 11) is 0. The zero-order valence-corrected chi connectivity index (χ0v) is 15.6. The minimum absolute atomic E-state index is 0.617. The Bertz CT molecular complexity index is 1230. The maximum atomic E-state index is 4.36. The van der Waals surface area contributed by atoms with Crippen LogP contribution in [0.5, 0.6) is 0 Å². The van der Waals surface area contributed by atoms with E-state index in [1.807, 2.05) is 30.7 Å². The summed E-state index contributed by atoms with van der Waals surface area (Å²) in [5, 5.41) is 19.0. The smallest absolute Gasteiger partial charge is 0.200 e. The van der Waals surface area contributed by atoms with Gasteiger partial charge in [-0.2, -0.15) is 0 Å². The Morgan fingerprint density at radius 3 is 2.69 bits per heavy atom. The van der Waals surface area contributed by atoms with E-state index in [4.69, 9.17) is 0 Å². The van der Waals surface area contributed by atoms with Crippen molar-refractivity contribution in [3.8, 4) is 11.1 Å². The Balaban J connectivity index is 1.34. The SMILES string of the molecule is c1ccc(-c2ccc(Cn3ccnc3)cc2)c(CNc2ccc3nnnn3n2)c1. The van der Waals surface area contributed by atoms with Crippen LogP contribution in [0.1, 0.15) is 11.1 Å². The molecule has 5 rings (SSSR count). The monoisotopic (exact) mass is 382 g/mol. The molecule has 8 heteroatoms. The largest absolute Gasteiger partial charge is 0.364 e. The van der Waals surface area contributed by atoms with Crippen molar-refractivity contribution in [2.45, 2.75) is 13.1 Å². The summed E-state index contributed by atoms with van der Waals surface area (Å²) < 4.78 is 3.47. The number of hydrogen-bond donors (Lipinski definition) is 1. The first-order valence-electron chi connectivity index (χ1n) is 9.27. The summed E-state index contributed by atoms with van der Waals surface area (Å²) >= 11 is 0.